The van der Waals surface area contributed by atoms with Crippen LogP contribution in [0, 0.1) is 0 Å². The van der Waals surface area contributed by atoms with Crippen molar-refractivity contribution in [2.24, 2.45) is 0 Å². The van der Waals surface area contributed by atoms with Gasteiger partial charge in [0.15, 0.2) is 0 Å². The lowest BCUT2D eigenvalue weighted by Crippen LogP contribution is -2.40. The molecule has 0 aliphatic heterocycles. The van der Waals surface area contributed by atoms with Crippen molar-refractivity contribution in [1.82, 2.24) is 14.1 Å². The fourth-order valence-electron chi connectivity index (χ4n) is 3.84. The molecular weight excluding hydrogens is 452 g/mol. The Labute approximate surface area is 197 Å². The van der Waals surface area contributed by atoms with Crippen molar-refractivity contribution in [1.29, 1.82) is 0 Å². The Bertz CT molecular complexity index is 1620. The van der Waals surface area contributed by atoms with E-state index in [9.17, 15) is 14.4 Å². The molecular formula is C25H20N4O4S. The molecule has 0 radical (unpaired) electrons. The first-order valence-electron chi connectivity index (χ1n) is 10.7. The maximum Gasteiger partial charge on any atom is 0.336 e. The van der Waals surface area contributed by atoms with E-state index in [0.717, 1.165) is 4.57 Å². The Hall–Kier alpha value is -4.24. The Kier molecular flexibility index (Phi) is 5.69. The van der Waals surface area contributed by atoms with Crippen LogP contribution in [-0.4, -0.2) is 26.6 Å². The molecule has 0 saturated carbocycles. The molecule has 170 valence electrons. The fraction of sp³-hybridized carbons (Fsp3) is 0.120. The number of hydrogen-bond donors (Lipinski definition) is 1. The summed E-state index contributed by atoms with van der Waals surface area (Å²) < 4.78 is 8.25. The van der Waals surface area contributed by atoms with Gasteiger partial charge in [-0.25, -0.2) is 14.3 Å². The zero-order valence-corrected chi connectivity index (χ0v) is 19.0. The fourth-order valence-corrected chi connectivity index (χ4v) is 4.91. The summed E-state index contributed by atoms with van der Waals surface area (Å²) in [4.78, 5) is 45.0. The number of para-hydroxylation sites is 1. The summed E-state index contributed by atoms with van der Waals surface area (Å²) >= 11 is 1.20. The quantitative estimate of drug-likeness (QED) is 0.406. The number of ether oxygens (including phenoxy) is 1. The van der Waals surface area contributed by atoms with E-state index in [2.05, 4.69) is 10.3 Å². The number of benzene rings is 2. The Morgan fingerprint density at radius 3 is 2.53 bits per heavy atom. The maximum absolute atomic E-state index is 13.6. The van der Waals surface area contributed by atoms with Gasteiger partial charge in [-0.3, -0.25) is 14.2 Å². The van der Waals surface area contributed by atoms with Gasteiger partial charge in [-0.2, -0.15) is 0 Å². The van der Waals surface area contributed by atoms with E-state index in [0.29, 0.717) is 44.2 Å². The number of nitrogens with zero attached hydrogens (tertiary/aromatic N) is 3. The third-order valence-corrected chi connectivity index (χ3v) is 6.39. The highest BCUT2D eigenvalue weighted by atomic mass is 32.1. The molecule has 8 nitrogen and oxygen atoms in total. The van der Waals surface area contributed by atoms with E-state index >= 15 is 0 Å². The van der Waals surface area contributed by atoms with Crippen molar-refractivity contribution in [2.75, 3.05) is 11.9 Å². The normalized spacial score (nSPS) is 11.1. The zero-order chi connectivity index (χ0) is 23.7. The Morgan fingerprint density at radius 1 is 1.03 bits per heavy atom. The highest BCUT2D eigenvalue weighted by Crippen LogP contribution is 2.29. The molecule has 34 heavy (non-hydrogen) atoms. The second-order valence-corrected chi connectivity index (χ2v) is 8.49. The first kappa shape index (κ1) is 21.6. The lowest BCUT2D eigenvalue weighted by atomic mass is 10.2. The molecule has 0 fully saturated rings. The summed E-state index contributed by atoms with van der Waals surface area (Å²) in [6, 6.07) is 19.2. The SMILES string of the molecule is CCOc1ccc(-n2c(=O)c3sc4ncccc4c3n(CC(=O)Nc3ccccc3)c2=O)cc1. The first-order chi connectivity index (χ1) is 16.6. The molecule has 0 bridgehead atoms. The lowest BCUT2D eigenvalue weighted by Gasteiger charge is -2.13. The van der Waals surface area contributed by atoms with Crippen molar-refractivity contribution >= 4 is 43.4 Å². The molecule has 3 aromatic heterocycles. The average Bonchev–Trinajstić information content (AvgIpc) is 3.24. The van der Waals surface area contributed by atoms with Gasteiger partial charge in [0, 0.05) is 17.3 Å². The van der Waals surface area contributed by atoms with Crippen molar-refractivity contribution < 1.29 is 9.53 Å². The summed E-state index contributed by atoms with van der Waals surface area (Å²) in [5, 5.41) is 3.46. The molecule has 2 aromatic carbocycles. The Morgan fingerprint density at radius 2 is 1.79 bits per heavy atom. The van der Waals surface area contributed by atoms with Gasteiger partial charge in [-0.1, -0.05) is 18.2 Å². The molecule has 1 amide bonds. The van der Waals surface area contributed by atoms with Crippen LogP contribution in [0.1, 0.15) is 6.92 Å². The van der Waals surface area contributed by atoms with Crippen LogP contribution in [0.2, 0.25) is 0 Å². The number of nitrogens with one attached hydrogen (secondary N) is 1. The standard InChI is InChI=1S/C25H20N4O4S/c1-2-33-18-12-10-17(11-13-18)29-24(31)22-21(19-9-6-14-26-23(19)34-22)28(25(29)32)15-20(30)27-16-7-4-3-5-8-16/h3-14H,2,15H2,1H3,(H,27,30). The summed E-state index contributed by atoms with van der Waals surface area (Å²) in [5.74, 6) is 0.253. The molecule has 3 heterocycles. The number of amides is 1. The predicted molar refractivity (Wildman–Crippen MR) is 133 cm³/mol. The van der Waals surface area contributed by atoms with Gasteiger partial charge in [-0.15, -0.1) is 11.3 Å². The van der Waals surface area contributed by atoms with Crippen LogP contribution in [0.4, 0.5) is 5.69 Å². The highest BCUT2D eigenvalue weighted by Gasteiger charge is 2.21. The number of pyridine rings is 1. The van der Waals surface area contributed by atoms with Crippen LogP contribution in [0.3, 0.4) is 0 Å². The molecule has 0 spiro atoms. The number of rotatable bonds is 6. The molecule has 9 heteroatoms. The number of carbonyl (C=O) groups is 1. The average molecular weight is 473 g/mol. The van der Waals surface area contributed by atoms with Crippen LogP contribution < -0.4 is 21.3 Å². The van der Waals surface area contributed by atoms with Crippen molar-refractivity contribution in [2.45, 2.75) is 13.5 Å². The van der Waals surface area contributed by atoms with Crippen molar-refractivity contribution in [3.8, 4) is 11.4 Å². The summed E-state index contributed by atoms with van der Waals surface area (Å²) in [6.45, 7) is 2.12. The molecule has 0 atom stereocenters. The van der Waals surface area contributed by atoms with Crippen LogP contribution >= 0.6 is 11.3 Å². The molecule has 5 rings (SSSR count). The van der Waals surface area contributed by atoms with Gasteiger partial charge < -0.3 is 10.1 Å². The van der Waals surface area contributed by atoms with Crippen LogP contribution in [0.15, 0.2) is 82.5 Å². The third-order valence-electron chi connectivity index (χ3n) is 5.29. The third kappa shape index (κ3) is 3.86. The number of fused-ring (bicyclic) bond motifs is 3. The summed E-state index contributed by atoms with van der Waals surface area (Å²) in [5.41, 5.74) is 0.366. The number of aromatic nitrogens is 3. The number of anilines is 1. The summed E-state index contributed by atoms with van der Waals surface area (Å²) in [7, 11) is 0. The summed E-state index contributed by atoms with van der Waals surface area (Å²) in [6.07, 6.45) is 1.63. The van der Waals surface area contributed by atoms with Crippen LogP contribution in [-0.2, 0) is 11.3 Å². The highest BCUT2D eigenvalue weighted by molar-refractivity contribution is 7.25. The van der Waals surface area contributed by atoms with Crippen molar-refractivity contribution in [3.05, 3.63) is 93.8 Å². The van der Waals surface area contributed by atoms with Gasteiger partial charge in [0.05, 0.1) is 17.8 Å². The first-order valence-corrected chi connectivity index (χ1v) is 11.5. The van der Waals surface area contributed by atoms with E-state index in [-0.39, 0.29) is 12.5 Å². The van der Waals surface area contributed by atoms with Crippen LogP contribution in [0.5, 0.6) is 5.75 Å². The molecule has 0 aliphatic carbocycles. The van der Waals surface area contributed by atoms with Gasteiger partial charge in [-0.05, 0) is 55.5 Å². The molecule has 1 N–H and O–H groups in total. The van der Waals surface area contributed by atoms with E-state index in [4.69, 9.17) is 4.74 Å². The smallest absolute Gasteiger partial charge is 0.336 e. The maximum atomic E-state index is 13.6. The molecule has 0 aliphatic rings. The van der Waals surface area contributed by atoms with Crippen molar-refractivity contribution in [3.63, 3.8) is 0 Å². The second kappa shape index (κ2) is 8.95. The Balaban J connectivity index is 1.69. The van der Waals surface area contributed by atoms with E-state index in [1.807, 2.05) is 25.1 Å². The number of hydrogen-bond acceptors (Lipinski definition) is 6. The topological polar surface area (TPSA) is 95.2 Å². The number of thiophene rings is 1. The van der Waals surface area contributed by atoms with Gasteiger partial charge >= 0.3 is 5.69 Å². The van der Waals surface area contributed by atoms with Gasteiger partial charge in [0.1, 0.15) is 21.8 Å². The molecule has 5 aromatic rings. The monoisotopic (exact) mass is 472 g/mol. The minimum atomic E-state index is -0.603. The van der Waals surface area contributed by atoms with E-state index < -0.39 is 11.2 Å². The minimum Gasteiger partial charge on any atom is -0.494 e. The second-order valence-electron chi connectivity index (χ2n) is 7.49. The molecule has 0 unspecified atom stereocenters. The largest absolute Gasteiger partial charge is 0.494 e. The van der Waals surface area contributed by atoms with Crippen LogP contribution in [0.25, 0.3) is 26.1 Å². The van der Waals surface area contributed by atoms with Gasteiger partial charge in [0.2, 0.25) is 5.91 Å². The van der Waals surface area contributed by atoms with E-state index in [1.165, 1.54) is 15.9 Å². The predicted octanol–water partition coefficient (Wildman–Crippen LogP) is 3.80. The van der Waals surface area contributed by atoms with Gasteiger partial charge in [0.25, 0.3) is 5.56 Å². The number of carbonyl (C=O) groups excluding carboxylic acids is 1. The molecule has 0 saturated heterocycles. The van der Waals surface area contributed by atoms with E-state index in [1.54, 1.807) is 54.7 Å². The minimum absolute atomic E-state index is 0.262. The lowest BCUT2D eigenvalue weighted by molar-refractivity contribution is -0.116. The zero-order valence-electron chi connectivity index (χ0n) is 18.2.